The highest BCUT2D eigenvalue weighted by atomic mass is 16.5. The molecule has 8 heteroatoms. The van der Waals surface area contributed by atoms with Gasteiger partial charge in [0.2, 0.25) is 0 Å². The maximum absolute atomic E-state index is 13.1. The summed E-state index contributed by atoms with van der Waals surface area (Å²) in [5.74, 6) is 2.97. The van der Waals surface area contributed by atoms with Crippen molar-refractivity contribution in [2.45, 2.75) is 33.6 Å². The van der Waals surface area contributed by atoms with Gasteiger partial charge in [-0.2, -0.15) is 0 Å². The van der Waals surface area contributed by atoms with Crippen molar-refractivity contribution in [2.75, 3.05) is 50.6 Å². The van der Waals surface area contributed by atoms with E-state index in [0.29, 0.717) is 36.8 Å². The molecule has 0 bridgehead atoms. The number of carbonyl (C=O) groups is 1. The van der Waals surface area contributed by atoms with Crippen LogP contribution in [0.2, 0.25) is 0 Å². The van der Waals surface area contributed by atoms with Gasteiger partial charge in [-0.25, -0.2) is 14.8 Å². The van der Waals surface area contributed by atoms with Crippen LogP contribution in [0.5, 0.6) is 11.5 Å². The average Bonchev–Trinajstić information content (AvgIpc) is 3.13. The average molecular weight is 490 g/mol. The van der Waals surface area contributed by atoms with E-state index in [1.807, 2.05) is 11.8 Å². The van der Waals surface area contributed by atoms with Gasteiger partial charge in [-0.3, -0.25) is 0 Å². The smallest absolute Gasteiger partial charge is 0.322 e. The number of anilines is 2. The van der Waals surface area contributed by atoms with E-state index in [2.05, 4.69) is 53.3 Å². The Morgan fingerprint density at radius 2 is 1.72 bits per heavy atom. The minimum Gasteiger partial charge on any atom is -0.497 e. The van der Waals surface area contributed by atoms with Crippen molar-refractivity contribution in [1.82, 2.24) is 14.9 Å². The SMILES string of the molecule is COc1ccc(NC(=O)N2CCCN(c3nc(C)nc(C)c3Cc3ccc(C)cc3)CC2)c(OC)c1. The van der Waals surface area contributed by atoms with Crippen molar-refractivity contribution < 1.29 is 14.3 Å². The molecule has 1 aliphatic rings. The minimum atomic E-state index is -0.143. The molecule has 2 amide bonds. The molecule has 1 saturated heterocycles. The van der Waals surface area contributed by atoms with Crippen LogP contribution >= 0.6 is 0 Å². The van der Waals surface area contributed by atoms with E-state index in [0.717, 1.165) is 42.3 Å². The summed E-state index contributed by atoms with van der Waals surface area (Å²) in [6.45, 7) is 8.87. The zero-order chi connectivity index (χ0) is 25.7. The summed E-state index contributed by atoms with van der Waals surface area (Å²) >= 11 is 0. The molecule has 1 fully saturated rings. The predicted molar refractivity (Wildman–Crippen MR) is 142 cm³/mol. The first-order valence-corrected chi connectivity index (χ1v) is 12.3. The molecule has 8 nitrogen and oxygen atoms in total. The molecule has 1 aliphatic heterocycles. The molecular formula is C28H35N5O3. The number of nitrogens with one attached hydrogen (secondary N) is 1. The number of carbonyl (C=O) groups excluding carboxylic acids is 1. The van der Waals surface area contributed by atoms with Crippen molar-refractivity contribution in [2.24, 2.45) is 0 Å². The van der Waals surface area contributed by atoms with Crippen LogP contribution in [-0.4, -0.2) is 61.3 Å². The van der Waals surface area contributed by atoms with Crippen LogP contribution in [0.3, 0.4) is 0 Å². The Morgan fingerprint density at radius 1 is 0.944 bits per heavy atom. The molecule has 0 unspecified atom stereocenters. The summed E-state index contributed by atoms with van der Waals surface area (Å²) < 4.78 is 10.7. The van der Waals surface area contributed by atoms with Crippen molar-refractivity contribution in [1.29, 1.82) is 0 Å². The number of benzene rings is 2. The molecule has 1 N–H and O–H groups in total. The molecule has 0 aliphatic carbocycles. The number of aryl methyl sites for hydroxylation is 3. The van der Waals surface area contributed by atoms with Crippen molar-refractivity contribution in [3.8, 4) is 11.5 Å². The highest BCUT2D eigenvalue weighted by Gasteiger charge is 2.24. The van der Waals surface area contributed by atoms with Crippen LogP contribution in [0.15, 0.2) is 42.5 Å². The van der Waals surface area contributed by atoms with Crippen LogP contribution in [-0.2, 0) is 6.42 Å². The van der Waals surface area contributed by atoms with Gasteiger partial charge in [-0.1, -0.05) is 29.8 Å². The van der Waals surface area contributed by atoms with Crippen LogP contribution in [0.1, 0.15) is 34.6 Å². The van der Waals surface area contributed by atoms with Gasteiger partial charge in [0.15, 0.2) is 0 Å². The molecule has 0 atom stereocenters. The van der Waals surface area contributed by atoms with Crippen LogP contribution in [0.25, 0.3) is 0 Å². The molecule has 2 heterocycles. The molecule has 190 valence electrons. The summed E-state index contributed by atoms with van der Waals surface area (Å²) in [6.07, 6.45) is 1.62. The van der Waals surface area contributed by atoms with Gasteiger partial charge in [0.25, 0.3) is 0 Å². The summed E-state index contributed by atoms with van der Waals surface area (Å²) in [5.41, 5.74) is 5.25. The summed E-state index contributed by atoms with van der Waals surface area (Å²) in [6, 6.07) is 13.8. The molecule has 0 radical (unpaired) electrons. The molecule has 1 aromatic heterocycles. The fourth-order valence-corrected chi connectivity index (χ4v) is 4.52. The van der Waals surface area contributed by atoms with Gasteiger partial charge < -0.3 is 24.6 Å². The van der Waals surface area contributed by atoms with Gasteiger partial charge in [0.05, 0.1) is 19.9 Å². The second-order valence-electron chi connectivity index (χ2n) is 9.14. The lowest BCUT2D eigenvalue weighted by Gasteiger charge is -2.26. The lowest BCUT2D eigenvalue weighted by Crippen LogP contribution is -2.38. The normalized spacial score (nSPS) is 13.8. The predicted octanol–water partition coefficient (Wildman–Crippen LogP) is 4.75. The summed E-state index contributed by atoms with van der Waals surface area (Å²) in [4.78, 5) is 26.8. The van der Waals surface area contributed by atoms with Gasteiger partial charge in [0.1, 0.15) is 23.1 Å². The quantitative estimate of drug-likeness (QED) is 0.538. The van der Waals surface area contributed by atoms with Gasteiger partial charge in [-0.05, 0) is 44.9 Å². The number of ether oxygens (including phenoxy) is 2. The van der Waals surface area contributed by atoms with E-state index in [9.17, 15) is 4.79 Å². The third-order valence-corrected chi connectivity index (χ3v) is 6.54. The standard InChI is InChI=1S/C28H35N5O3/c1-19-7-9-22(10-8-19)17-24-20(2)29-21(3)30-27(24)32-13-6-14-33(16-15-32)28(34)31-25-12-11-23(35-4)18-26(25)36-5/h7-12,18H,6,13-17H2,1-5H3,(H,31,34). The van der Waals surface area contributed by atoms with Crippen LogP contribution in [0, 0.1) is 20.8 Å². The second kappa shape index (κ2) is 11.3. The van der Waals surface area contributed by atoms with E-state index in [4.69, 9.17) is 14.5 Å². The summed E-state index contributed by atoms with van der Waals surface area (Å²) in [7, 11) is 3.18. The number of urea groups is 1. The first-order chi connectivity index (χ1) is 17.4. The van der Waals surface area contributed by atoms with Crippen LogP contribution in [0.4, 0.5) is 16.3 Å². The maximum atomic E-state index is 13.1. The van der Waals surface area contributed by atoms with E-state index in [-0.39, 0.29) is 6.03 Å². The highest BCUT2D eigenvalue weighted by molar-refractivity contribution is 5.91. The van der Waals surface area contributed by atoms with Crippen molar-refractivity contribution in [3.05, 3.63) is 70.7 Å². The zero-order valence-electron chi connectivity index (χ0n) is 21.8. The molecular weight excluding hydrogens is 454 g/mol. The first-order valence-electron chi connectivity index (χ1n) is 12.3. The Labute approximate surface area is 213 Å². The Bertz CT molecular complexity index is 1210. The second-order valence-corrected chi connectivity index (χ2v) is 9.14. The first kappa shape index (κ1) is 25.3. The van der Waals surface area contributed by atoms with E-state index < -0.39 is 0 Å². The molecule has 4 rings (SSSR count). The number of hydrogen-bond acceptors (Lipinski definition) is 6. The number of rotatable bonds is 6. The van der Waals surface area contributed by atoms with Gasteiger partial charge >= 0.3 is 6.03 Å². The Hall–Kier alpha value is -3.81. The highest BCUT2D eigenvalue weighted by Crippen LogP contribution is 2.30. The molecule has 3 aromatic rings. The maximum Gasteiger partial charge on any atom is 0.322 e. The fourth-order valence-electron chi connectivity index (χ4n) is 4.52. The Balaban J connectivity index is 1.49. The van der Waals surface area contributed by atoms with Crippen molar-refractivity contribution in [3.63, 3.8) is 0 Å². The Morgan fingerprint density at radius 3 is 2.44 bits per heavy atom. The lowest BCUT2D eigenvalue weighted by molar-refractivity contribution is 0.215. The fraction of sp³-hybridized carbons (Fsp3) is 0.393. The monoisotopic (exact) mass is 489 g/mol. The largest absolute Gasteiger partial charge is 0.497 e. The third kappa shape index (κ3) is 5.87. The topological polar surface area (TPSA) is 79.8 Å². The third-order valence-electron chi connectivity index (χ3n) is 6.54. The number of aromatic nitrogens is 2. The molecule has 0 spiro atoms. The molecule has 0 saturated carbocycles. The number of amides is 2. The minimum absolute atomic E-state index is 0.143. The zero-order valence-corrected chi connectivity index (χ0v) is 21.8. The molecule has 2 aromatic carbocycles. The Kier molecular flexibility index (Phi) is 7.93. The lowest BCUT2D eigenvalue weighted by atomic mass is 10.0. The van der Waals surface area contributed by atoms with E-state index >= 15 is 0 Å². The van der Waals surface area contributed by atoms with E-state index in [1.54, 1.807) is 32.4 Å². The van der Waals surface area contributed by atoms with Crippen molar-refractivity contribution >= 4 is 17.5 Å². The van der Waals surface area contributed by atoms with Gasteiger partial charge in [0, 0.05) is 49.9 Å². The summed E-state index contributed by atoms with van der Waals surface area (Å²) in [5, 5.41) is 2.99. The number of methoxy groups -OCH3 is 2. The number of hydrogen-bond donors (Lipinski definition) is 1. The molecule has 36 heavy (non-hydrogen) atoms. The van der Waals surface area contributed by atoms with Crippen LogP contribution < -0.4 is 19.7 Å². The van der Waals surface area contributed by atoms with E-state index in [1.165, 1.54) is 11.1 Å². The van der Waals surface area contributed by atoms with Gasteiger partial charge in [-0.15, -0.1) is 0 Å². The number of nitrogens with zero attached hydrogens (tertiary/aromatic N) is 4.